The van der Waals surface area contributed by atoms with E-state index in [4.69, 9.17) is 4.74 Å². The normalized spacial score (nSPS) is 28.6. The summed E-state index contributed by atoms with van der Waals surface area (Å²) in [6.07, 6.45) is 9.25. The highest BCUT2D eigenvalue weighted by Crippen LogP contribution is 2.23. The monoisotopic (exact) mass is 304 g/mol. The quantitative estimate of drug-likeness (QED) is 0.849. The van der Waals surface area contributed by atoms with Crippen molar-refractivity contribution < 1.29 is 4.74 Å². The molecule has 5 nitrogen and oxygen atoms in total. The van der Waals surface area contributed by atoms with Crippen LogP contribution in [0.4, 0.5) is 0 Å². The van der Waals surface area contributed by atoms with Gasteiger partial charge in [-0.3, -0.25) is 4.90 Å². The average Bonchev–Trinajstić information content (AvgIpc) is 3.17. The Balaban J connectivity index is 1.49. The first-order valence-corrected chi connectivity index (χ1v) is 8.92. The van der Waals surface area contributed by atoms with Crippen LogP contribution in [-0.4, -0.2) is 64.8 Å². The topological polar surface area (TPSA) is 33.5 Å². The van der Waals surface area contributed by atoms with E-state index >= 15 is 0 Å². The Bertz CT molecular complexity index is 477. The molecule has 3 aliphatic rings. The predicted molar refractivity (Wildman–Crippen MR) is 85.6 cm³/mol. The van der Waals surface area contributed by atoms with E-state index in [1.807, 2.05) is 6.20 Å². The molecule has 1 aromatic rings. The fourth-order valence-corrected chi connectivity index (χ4v) is 4.35. The molecule has 4 heterocycles. The van der Waals surface area contributed by atoms with E-state index in [0.717, 1.165) is 32.2 Å². The van der Waals surface area contributed by atoms with Crippen LogP contribution < -0.4 is 0 Å². The second-order valence-electron chi connectivity index (χ2n) is 7.14. The summed E-state index contributed by atoms with van der Waals surface area (Å²) in [5, 5.41) is 0. The van der Waals surface area contributed by atoms with Crippen LogP contribution in [0.5, 0.6) is 0 Å². The van der Waals surface area contributed by atoms with Crippen molar-refractivity contribution in [2.24, 2.45) is 5.92 Å². The summed E-state index contributed by atoms with van der Waals surface area (Å²) in [5.41, 5.74) is 0. The highest BCUT2D eigenvalue weighted by Gasteiger charge is 2.29. The predicted octanol–water partition coefficient (Wildman–Crippen LogP) is 1.59. The SMILES string of the molecule is c1cn2c(n1)CN(C1CCOCC1)C[C@@H](CN1CCCC1)C2. The highest BCUT2D eigenvalue weighted by atomic mass is 16.5. The number of rotatable bonds is 3. The molecule has 0 aliphatic carbocycles. The number of aromatic nitrogens is 2. The Morgan fingerprint density at radius 3 is 2.77 bits per heavy atom. The van der Waals surface area contributed by atoms with Crippen LogP contribution in [0.2, 0.25) is 0 Å². The van der Waals surface area contributed by atoms with Gasteiger partial charge in [0.1, 0.15) is 5.82 Å². The van der Waals surface area contributed by atoms with E-state index in [0.29, 0.717) is 6.04 Å². The van der Waals surface area contributed by atoms with Crippen molar-refractivity contribution in [1.82, 2.24) is 19.4 Å². The first-order valence-electron chi connectivity index (χ1n) is 8.92. The lowest BCUT2D eigenvalue weighted by atomic mass is 10.0. The number of hydrogen-bond donors (Lipinski definition) is 0. The molecular weight excluding hydrogens is 276 g/mol. The molecule has 0 amide bonds. The molecule has 0 aromatic carbocycles. The van der Waals surface area contributed by atoms with E-state index < -0.39 is 0 Å². The zero-order valence-corrected chi connectivity index (χ0v) is 13.5. The number of likely N-dealkylation sites (tertiary alicyclic amines) is 1. The minimum atomic E-state index is 0.679. The third kappa shape index (κ3) is 3.21. The van der Waals surface area contributed by atoms with Gasteiger partial charge in [0, 0.05) is 57.2 Å². The molecule has 2 fully saturated rings. The van der Waals surface area contributed by atoms with Gasteiger partial charge in [0.25, 0.3) is 0 Å². The number of fused-ring (bicyclic) bond motifs is 1. The molecular formula is C17H28N4O. The molecule has 122 valence electrons. The summed E-state index contributed by atoms with van der Waals surface area (Å²) in [5.74, 6) is 1.96. The molecule has 0 radical (unpaired) electrons. The van der Waals surface area contributed by atoms with Gasteiger partial charge in [-0.2, -0.15) is 0 Å². The molecule has 22 heavy (non-hydrogen) atoms. The minimum Gasteiger partial charge on any atom is -0.381 e. The Kier molecular flexibility index (Phi) is 4.46. The van der Waals surface area contributed by atoms with Crippen LogP contribution in [0, 0.1) is 5.92 Å². The Morgan fingerprint density at radius 1 is 1.14 bits per heavy atom. The van der Waals surface area contributed by atoms with Gasteiger partial charge in [-0.25, -0.2) is 4.98 Å². The standard InChI is InChI=1S/C17H28N4O/c1-2-7-19(6-1)11-15-12-20-8-5-18-17(20)14-21(13-15)16-3-9-22-10-4-16/h5,8,15-16H,1-4,6-7,9-14H2/t15-/m0/s1. The summed E-state index contributed by atoms with van der Waals surface area (Å²) < 4.78 is 7.94. The van der Waals surface area contributed by atoms with Gasteiger partial charge in [-0.15, -0.1) is 0 Å². The maximum atomic E-state index is 5.55. The third-order valence-electron chi connectivity index (χ3n) is 5.52. The molecule has 1 atom stereocenters. The molecule has 0 unspecified atom stereocenters. The summed E-state index contributed by atoms with van der Waals surface area (Å²) in [4.78, 5) is 9.96. The van der Waals surface area contributed by atoms with Crippen LogP contribution >= 0.6 is 0 Å². The van der Waals surface area contributed by atoms with Crippen LogP contribution in [0.15, 0.2) is 12.4 Å². The second kappa shape index (κ2) is 6.69. The number of imidazole rings is 1. The van der Waals surface area contributed by atoms with E-state index in [-0.39, 0.29) is 0 Å². The van der Waals surface area contributed by atoms with Gasteiger partial charge >= 0.3 is 0 Å². The molecule has 0 spiro atoms. The average molecular weight is 304 g/mol. The lowest BCUT2D eigenvalue weighted by molar-refractivity contribution is 0.0242. The Hall–Kier alpha value is -0.910. The van der Waals surface area contributed by atoms with Crippen LogP contribution in [0.25, 0.3) is 0 Å². The van der Waals surface area contributed by atoms with E-state index in [1.54, 1.807) is 0 Å². The molecule has 0 saturated carbocycles. The van der Waals surface area contributed by atoms with Gasteiger partial charge in [0.15, 0.2) is 0 Å². The third-order valence-corrected chi connectivity index (χ3v) is 5.52. The van der Waals surface area contributed by atoms with E-state index in [1.165, 1.54) is 57.7 Å². The van der Waals surface area contributed by atoms with Crippen molar-refractivity contribution in [3.05, 3.63) is 18.2 Å². The molecule has 5 heteroatoms. The molecule has 1 aromatic heterocycles. The molecule has 4 rings (SSSR count). The van der Waals surface area contributed by atoms with Gasteiger partial charge in [-0.1, -0.05) is 0 Å². The van der Waals surface area contributed by atoms with Gasteiger partial charge in [0.2, 0.25) is 0 Å². The highest BCUT2D eigenvalue weighted by molar-refractivity contribution is 4.97. The van der Waals surface area contributed by atoms with Crippen molar-refractivity contribution >= 4 is 0 Å². The number of hydrogen-bond acceptors (Lipinski definition) is 4. The first-order chi connectivity index (χ1) is 10.9. The van der Waals surface area contributed by atoms with E-state index in [9.17, 15) is 0 Å². The van der Waals surface area contributed by atoms with Crippen molar-refractivity contribution in [3.63, 3.8) is 0 Å². The fourth-order valence-electron chi connectivity index (χ4n) is 4.35. The van der Waals surface area contributed by atoms with Crippen LogP contribution in [-0.2, 0) is 17.8 Å². The molecule has 0 N–H and O–H groups in total. The van der Waals surface area contributed by atoms with Crippen molar-refractivity contribution in [1.29, 1.82) is 0 Å². The largest absolute Gasteiger partial charge is 0.381 e. The number of nitrogens with zero attached hydrogens (tertiary/aromatic N) is 4. The lowest BCUT2D eigenvalue weighted by Crippen LogP contribution is -2.43. The minimum absolute atomic E-state index is 0.679. The molecule has 2 saturated heterocycles. The maximum Gasteiger partial charge on any atom is 0.122 e. The lowest BCUT2D eigenvalue weighted by Gasteiger charge is -2.35. The first kappa shape index (κ1) is 14.7. The summed E-state index contributed by atoms with van der Waals surface area (Å²) in [7, 11) is 0. The van der Waals surface area contributed by atoms with Crippen molar-refractivity contribution in [3.8, 4) is 0 Å². The molecule has 0 bridgehead atoms. The van der Waals surface area contributed by atoms with Crippen LogP contribution in [0.1, 0.15) is 31.5 Å². The fraction of sp³-hybridized carbons (Fsp3) is 0.824. The summed E-state index contributed by atoms with van der Waals surface area (Å²) in [6, 6.07) is 0.679. The number of ether oxygens (including phenoxy) is 1. The van der Waals surface area contributed by atoms with Gasteiger partial charge < -0.3 is 14.2 Å². The summed E-state index contributed by atoms with van der Waals surface area (Å²) in [6.45, 7) is 9.04. The summed E-state index contributed by atoms with van der Waals surface area (Å²) >= 11 is 0. The Labute approximate surface area is 133 Å². The van der Waals surface area contributed by atoms with E-state index in [2.05, 4.69) is 25.5 Å². The second-order valence-corrected chi connectivity index (χ2v) is 7.14. The zero-order valence-electron chi connectivity index (χ0n) is 13.5. The zero-order chi connectivity index (χ0) is 14.8. The smallest absolute Gasteiger partial charge is 0.122 e. The van der Waals surface area contributed by atoms with Gasteiger partial charge in [0.05, 0.1) is 6.54 Å². The van der Waals surface area contributed by atoms with Crippen molar-refractivity contribution in [2.45, 2.75) is 44.8 Å². The van der Waals surface area contributed by atoms with Crippen LogP contribution in [0.3, 0.4) is 0 Å². The maximum absolute atomic E-state index is 5.55. The van der Waals surface area contributed by atoms with Crippen molar-refractivity contribution in [2.75, 3.05) is 39.4 Å². The molecule has 3 aliphatic heterocycles. The van der Waals surface area contributed by atoms with Gasteiger partial charge in [-0.05, 0) is 38.8 Å². The Morgan fingerprint density at radius 2 is 1.95 bits per heavy atom.